The average Bonchev–Trinajstić information content (AvgIpc) is 3.13. The van der Waals surface area contributed by atoms with Crippen molar-refractivity contribution in [3.05, 3.63) is 65.9 Å². The van der Waals surface area contributed by atoms with Gasteiger partial charge in [0.25, 0.3) is 11.8 Å². The predicted molar refractivity (Wildman–Crippen MR) is 121 cm³/mol. The van der Waals surface area contributed by atoms with Gasteiger partial charge in [-0.3, -0.25) is 9.59 Å². The van der Waals surface area contributed by atoms with E-state index >= 15 is 0 Å². The number of aromatic nitrogens is 1. The standard InChI is InChI=1S/C24H30N4O2/c1-3-14-28(17-24(30)27-21-10-6-4-8-18(21)2)16-23(29)25-13-12-19-15-26-22-11-7-5-9-20(19)22/h4-11,15,26H,3,12-14,16-17H2,1-2H3,(H,25,29)(H,27,30)/p+1. The van der Waals surface area contributed by atoms with E-state index in [-0.39, 0.29) is 18.4 Å². The van der Waals surface area contributed by atoms with Gasteiger partial charge in [-0.05, 0) is 43.0 Å². The normalized spacial score (nSPS) is 11.9. The molecule has 6 nitrogen and oxygen atoms in total. The summed E-state index contributed by atoms with van der Waals surface area (Å²) in [6, 6.07) is 15.9. The molecule has 1 heterocycles. The van der Waals surface area contributed by atoms with Gasteiger partial charge in [-0.15, -0.1) is 0 Å². The molecule has 0 bridgehead atoms. The first-order valence-corrected chi connectivity index (χ1v) is 10.6. The maximum Gasteiger partial charge on any atom is 0.279 e. The lowest BCUT2D eigenvalue weighted by atomic mass is 10.1. The molecule has 1 aromatic heterocycles. The van der Waals surface area contributed by atoms with Crippen LogP contribution in [0.2, 0.25) is 0 Å². The van der Waals surface area contributed by atoms with Gasteiger partial charge in [0.1, 0.15) is 0 Å². The fourth-order valence-electron chi connectivity index (χ4n) is 3.69. The molecule has 0 spiro atoms. The molecule has 0 saturated carbocycles. The van der Waals surface area contributed by atoms with Crippen molar-refractivity contribution in [2.75, 3.05) is 31.5 Å². The van der Waals surface area contributed by atoms with Crippen LogP contribution in [0.1, 0.15) is 24.5 Å². The number of carbonyl (C=O) groups is 2. The van der Waals surface area contributed by atoms with Gasteiger partial charge in [0, 0.05) is 29.3 Å². The van der Waals surface area contributed by atoms with Gasteiger partial charge < -0.3 is 20.5 Å². The molecule has 4 N–H and O–H groups in total. The molecule has 0 aliphatic carbocycles. The summed E-state index contributed by atoms with van der Waals surface area (Å²) in [5.41, 5.74) is 4.15. The van der Waals surface area contributed by atoms with Crippen LogP contribution >= 0.6 is 0 Å². The summed E-state index contributed by atoms with van der Waals surface area (Å²) in [7, 11) is 0. The Hall–Kier alpha value is -3.12. The number of nitrogens with one attached hydrogen (secondary N) is 4. The lowest BCUT2D eigenvalue weighted by molar-refractivity contribution is -0.883. The van der Waals surface area contributed by atoms with Crippen LogP contribution in [-0.2, 0) is 16.0 Å². The number of H-pyrrole nitrogens is 1. The number of para-hydroxylation sites is 2. The molecular weight excluding hydrogens is 376 g/mol. The number of benzene rings is 2. The number of amides is 2. The molecule has 30 heavy (non-hydrogen) atoms. The van der Waals surface area contributed by atoms with Gasteiger partial charge >= 0.3 is 0 Å². The Kier molecular flexibility index (Phi) is 7.63. The molecule has 0 radical (unpaired) electrons. The van der Waals surface area contributed by atoms with Crippen LogP contribution in [0.4, 0.5) is 5.69 Å². The third-order valence-electron chi connectivity index (χ3n) is 5.24. The van der Waals surface area contributed by atoms with Crippen LogP contribution in [0, 0.1) is 6.92 Å². The van der Waals surface area contributed by atoms with E-state index in [0.717, 1.165) is 41.1 Å². The summed E-state index contributed by atoms with van der Waals surface area (Å²) < 4.78 is 0. The maximum atomic E-state index is 12.5. The highest BCUT2D eigenvalue weighted by atomic mass is 16.2. The topological polar surface area (TPSA) is 78.4 Å². The zero-order valence-corrected chi connectivity index (χ0v) is 17.8. The summed E-state index contributed by atoms with van der Waals surface area (Å²) in [4.78, 5) is 29.1. The summed E-state index contributed by atoms with van der Waals surface area (Å²) in [6.07, 6.45) is 3.68. The Labute approximate surface area is 177 Å². The van der Waals surface area contributed by atoms with Crippen molar-refractivity contribution < 1.29 is 14.5 Å². The maximum absolute atomic E-state index is 12.5. The number of fused-ring (bicyclic) bond motifs is 1. The van der Waals surface area contributed by atoms with E-state index < -0.39 is 0 Å². The number of anilines is 1. The van der Waals surface area contributed by atoms with Crippen LogP contribution in [0.3, 0.4) is 0 Å². The van der Waals surface area contributed by atoms with Crippen molar-refractivity contribution in [3.8, 4) is 0 Å². The van der Waals surface area contributed by atoms with Crippen molar-refractivity contribution in [2.24, 2.45) is 0 Å². The minimum absolute atomic E-state index is 0.0259. The fraction of sp³-hybridized carbons (Fsp3) is 0.333. The molecule has 3 aromatic rings. The molecule has 3 rings (SSSR count). The summed E-state index contributed by atoms with van der Waals surface area (Å²) >= 11 is 0. The lowest BCUT2D eigenvalue weighted by Crippen LogP contribution is -3.14. The molecule has 0 aliphatic rings. The van der Waals surface area contributed by atoms with Gasteiger partial charge in [-0.25, -0.2) is 0 Å². The van der Waals surface area contributed by atoms with Crippen molar-refractivity contribution in [1.29, 1.82) is 0 Å². The molecule has 6 heteroatoms. The van der Waals surface area contributed by atoms with E-state index in [1.54, 1.807) is 0 Å². The van der Waals surface area contributed by atoms with Gasteiger partial charge in [-0.2, -0.15) is 0 Å². The van der Waals surface area contributed by atoms with Gasteiger partial charge in [0.2, 0.25) is 0 Å². The number of carbonyl (C=O) groups excluding carboxylic acids is 2. The largest absolute Gasteiger partial charge is 0.361 e. The SMILES string of the molecule is CCC[NH+](CC(=O)NCCc1c[nH]c2ccccc12)CC(=O)Nc1ccccc1C. The molecule has 2 amide bonds. The first-order chi connectivity index (χ1) is 14.6. The minimum atomic E-state index is -0.0701. The number of aryl methyl sites for hydroxylation is 1. The molecule has 0 fully saturated rings. The summed E-state index contributed by atoms with van der Waals surface area (Å²) in [6.45, 7) is 5.95. The van der Waals surface area contributed by atoms with Crippen molar-refractivity contribution in [1.82, 2.24) is 10.3 Å². The molecule has 0 saturated heterocycles. The van der Waals surface area contributed by atoms with Crippen molar-refractivity contribution in [3.63, 3.8) is 0 Å². The van der Waals surface area contributed by atoms with Crippen LogP contribution in [-0.4, -0.2) is 43.0 Å². The predicted octanol–water partition coefficient (Wildman–Crippen LogP) is 2.07. The monoisotopic (exact) mass is 407 g/mol. The highest BCUT2D eigenvalue weighted by molar-refractivity contribution is 5.92. The van der Waals surface area contributed by atoms with E-state index in [1.165, 1.54) is 10.9 Å². The number of hydrogen-bond acceptors (Lipinski definition) is 2. The van der Waals surface area contributed by atoms with Crippen LogP contribution in [0.25, 0.3) is 10.9 Å². The Morgan fingerprint density at radius 3 is 2.53 bits per heavy atom. The van der Waals surface area contributed by atoms with Gasteiger partial charge in [0.05, 0.1) is 6.54 Å². The molecule has 2 aromatic carbocycles. The smallest absolute Gasteiger partial charge is 0.279 e. The number of aromatic amines is 1. The van der Waals surface area contributed by atoms with E-state index in [0.29, 0.717) is 13.1 Å². The molecule has 1 atom stereocenters. The number of quaternary nitrogens is 1. The molecule has 0 aliphatic heterocycles. The summed E-state index contributed by atoms with van der Waals surface area (Å²) in [5.74, 6) is -0.0960. The Morgan fingerprint density at radius 2 is 1.73 bits per heavy atom. The van der Waals surface area contributed by atoms with E-state index in [4.69, 9.17) is 0 Å². The third-order valence-corrected chi connectivity index (χ3v) is 5.24. The molecule has 158 valence electrons. The molecule has 1 unspecified atom stereocenters. The fourth-order valence-corrected chi connectivity index (χ4v) is 3.69. The second kappa shape index (κ2) is 10.6. The number of hydrogen-bond donors (Lipinski definition) is 4. The second-order valence-corrected chi connectivity index (χ2v) is 7.68. The van der Waals surface area contributed by atoms with Crippen molar-refractivity contribution in [2.45, 2.75) is 26.7 Å². The zero-order valence-electron chi connectivity index (χ0n) is 17.8. The van der Waals surface area contributed by atoms with E-state index in [2.05, 4.69) is 28.6 Å². The van der Waals surface area contributed by atoms with Crippen LogP contribution in [0.5, 0.6) is 0 Å². The van der Waals surface area contributed by atoms with E-state index in [9.17, 15) is 9.59 Å². The summed E-state index contributed by atoms with van der Waals surface area (Å²) in [5, 5.41) is 7.15. The first kappa shape index (κ1) is 21.6. The first-order valence-electron chi connectivity index (χ1n) is 10.6. The van der Waals surface area contributed by atoms with Gasteiger partial charge in [0.15, 0.2) is 13.1 Å². The van der Waals surface area contributed by atoms with Gasteiger partial charge in [-0.1, -0.05) is 43.3 Å². The van der Waals surface area contributed by atoms with E-state index in [1.807, 2.05) is 55.6 Å². The minimum Gasteiger partial charge on any atom is -0.361 e. The average molecular weight is 408 g/mol. The quantitative estimate of drug-likeness (QED) is 0.415. The van der Waals surface area contributed by atoms with Crippen LogP contribution in [0.15, 0.2) is 54.7 Å². The Bertz CT molecular complexity index is 996. The molecular formula is C24H31N4O2+. The lowest BCUT2D eigenvalue weighted by Gasteiger charge is -2.18. The highest BCUT2D eigenvalue weighted by Gasteiger charge is 2.18. The zero-order chi connectivity index (χ0) is 21.3. The number of rotatable bonds is 10. The highest BCUT2D eigenvalue weighted by Crippen LogP contribution is 2.17. The van der Waals surface area contributed by atoms with Crippen LogP contribution < -0.4 is 15.5 Å². The Balaban J connectivity index is 1.47. The second-order valence-electron chi connectivity index (χ2n) is 7.68. The van der Waals surface area contributed by atoms with Crippen molar-refractivity contribution >= 4 is 28.4 Å². The third kappa shape index (κ3) is 5.94. The Morgan fingerprint density at radius 1 is 1.00 bits per heavy atom.